The minimum atomic E-state index is -0.202. The Kier molecular flexibility index (Phi) is 4.73. The summed E-state index contributed by atoms with van der Waals surface area (Å²) in [4.78, 5) is 19.4. The molecule has 0 aliphatic carbocycles. The van der Waals surface area contributed by atoms with Crippen LogP contribution in [0.4, 0.5) is 16.2 Å². The van der Waals surface area contributed by atoms with Gasteiger partial charge in [0.15, 0.2) is 0 Å². The standard InChI is InChI=1S/C21H17BrN4O/c1-15-7-6-8-16(13-15)25-14-19(18-10-4-5-12-23-18)24-26(21(25)27)20-11-3-2-9-17(20)22/h2-13H,14H2,1H3. The molecule has 6 heteroatoms. The molecule has 1 aromatic heterocycles. The van der Waals surface area contributed by atoms with Gasteiger partial charge in [-0.2, -0.15) is 10.1 Å². The van der Waals surface area contributed by atoms with Gasteiger partial charge in [0.2, 0.25) is 0 Å². The second kappa shape index (κ2) is 7.32. The highest BCUT2D eigenvalue weighted by atomic mass is 79.9. The Morgan fingerprint density at radius 3 is 2.56 bits per heavy atom. The Balaban J connectivity index is 1.83. The fourth-order valence-electron chi connectivity index (χ4n) is 2.97. The van der Waals surface area contributed by atoms with Crippen molar-refractivity contribution in [3.63, 3.8) is 0 Å². The molecule has 5 nitrogen and oxygen atoms in total. The fourth-order valence-corrected chi connectivity index (χ4v) is 3.42. The number of aryl methyl sites for hydroxylation is 1. The van der Waals surface area contributed by atoms with Gasteiger partial charge < -0.3 is 0 Å². The van der Waals surface area contributed by atoms with Gasteiger partial charge in [0.1, 0.15) is 5.71 Å². The fraction of sp³-hybridized carbons (Fsp3) is 0.0952. The lowest BCUT2D eigenvalue weighted by molar-refractivity contribution is 0.251. The highest BCUT2D eigenvalue weighted by Crippen LogP contribution is 2.30. The Morgan fingerprint density at radius 1 is 1.00 bits per heavy atom. The van der Waals surface area contributed by atoms with Gasteiger partial charge in [-0.15, -0.1) is 0 Å². The number of hydrazone groups is 1. The van der Waals surface area contributed by atoms with Gasteiger partial charge in [-0.25, -0.2) is 4.79 Å². The van der Waals surface area contributed by atoms with Crippen LogP contribution in [0.1, 0.15) is 11.3 Å². The number of rotatable bonds is 3. The van der Waals surface area contributed by atoms with Crippen LogP contribution in [0.5, 0.6) is 0 Å². The van der Waals surface area contributed by atoms with E-state index in [1.165, 1.54) is 5.01 Å². The number of pyridine rings is 1. The summed E-state index contributed by atoms with van der Waals surface area (Å²) in [6, 6.07) is 20.9. The van der Waals surface area contributed by atoms with Gasteiger partial charge in [-0.1, -0.05) is 30.3 Å². The van der Waals surface area contributed by atoms with Gasteiger partial charge in [0, 0.05) is 16.4 Å². The highest BCUT2D eigenvalue weighted by molar-refractivity contribution is 9.10. The average molecular weight is 421 g/mol. The number of anilines is 2. The van der Waals surface area contributed by atoms with Gasteiger partial charge in [0.05, 0.1) is 17.9 Å². The number of para-hydroxylation sites is 1. The maximum atomic E-state index is 13.3. The summed E-state index contributed by atoms with van der Waals surface area (Å²) < 4.78 is 0.800. The number of nitrogens with zero attached hydrogens (tertiary/aromatic N) is 4. The number of hydrogen-bond acceptors (Lipinski definition) is 3. The van der Waals surface area contributed by atoms with Crippen LogP contribution in [0.15, 0.2) is 82.5 Å². The van der Waals surface area contributed by atoms with Gasteiger partial charge in [0.25, 0.3) is 0 Å². The Labute approximate surface area is 166 Å². The molecule has 2 amide bonds. The number of benzene rings is 2. The van der Waals surface area contributed by atoms with Crippen molar-refractivity contribution < 1.29 is 4.79 Å². The van der Waals surface area contributed by atoms with E-state index in [0.29, 0.717) is 12.2 Å². The molecular weight excluding hydrogens is 404 g/mol. The number of aromatic nitrogens is 1. The summed E-state index contributed by atoms with van der Waals surface area (Å²) >= 11 is 3.53. The minimum Gasteiger partial charge on any atom is -0.286 e. The zero-order valence-corrected chi connectivity index (χ0v) is 16.3. The van der Waals surface area contributed by atoms with Crippen molar-refractivity contribution in [1.29, 1.82) is 0 Å². The first kappa shape index (κ1) is 17.4. The van der Waals surface area contributed by atoms with Crippen LogP contribution in [-0.4, -0.2) is 23.3 Å². The van der Waals surface area contributed by atoms with E-state index in [0.717, 1.165) is 27.1 Å². The monoisotopic (exact) mass is 420 g/mol. The first-order chi connectivity index (χ1) is 13.1. The molecule has 134 valence electrons. The molecule has 2 aromatic carbocycles. The van der Waals surface area contributed by atoms with E-state index in [1.807, 2.05) is 73.7 Å². The average Bonchev–Trinajstić information content (AvgIpc) is 2.69. The molecule has 0 radical (unpaired) electrons. The lowest BCUT2D eigenvalue weighted by atomic mass is 10.1. The van der Waals surface area contributed by atoms with E-state index >= 15 is 0 Å². The van der Waals surface area contributed by atoms with Crippen LogP contribution in [0.25, 0.3) is 0 Å². The van der Waals surface area contributed by atoms with Crippen molar-refractivity contribution >= 4 is 39.0 Å². The molecule has 27 heavy (non-hydrogen) atoms. The highest BCUT2D eigenvalue weighted by Gasteiger charge is 2.32. The summed E-state index contributed by atoms with van der Waals surface area (Å²) in [5.74, 6) is 0. The summed E-state index contributed by atoms with van der Waals surface area (Å²) in [7, 11) is 0. The molecule has 0 unspecified atom stereocenters. The Morgan fingerprint density at radius 2 is 1.81 bits per heavy atom. The Bertz CT molecular complexity index is 1020. The second-order valence-electron chi connectivity index (χ2n) is 6.23. The van der Waals surface area contributed by atoms with Gasteiger partial charge in [-0.05, 0) is 64.8 Å². The van der Waals surface area contributed by atoms with Crippen molar-refractivity contribution in [2.45, 2.75) is 6.92 Å². The molecule has 2 heterocycles. The molecular formula is C21H17BrN4O. The molecule has 4 rings (SSSR count). The predicted octanol–water partition coefficient (Wildman–Crippen LogP) is 5.00. The normalized spacial score (nSPS) is 14.3. The van der Waals surface area contributed by atoms with E-state index in [-0.39, 0.29) is 6.03 Å². The van der Waals surface area contributed by atoms with Crippen LogP contribution in [-0.2, 0) is 0 Å². The van der Waals surface area contributed by atoms with Crippen molar-refractivity contribution in [3.05, 3.63) is 88.7 Å². The van der Waals surface area contributed by atoms with Gasteiger partial charge in [-0.3, -0.25) is 9.88 Å². The van der Waals surface area contributed by atoms with Crippen molar-refractivity contribution in [2.75, 3.05) is 16.5 Å². The third-order valence-electron chi connectivity index (χ3n) is 4.30. The SMILES string of the molecule is Cc1cccc(N2CC(c3ccccn3)=NN(c3ccccc3Br)C2=O)c1. The molecule has 1 aliphatic heterocycles. The van der Waals surface area contributed by atoms with Crippen molar-refractivity contribution in [2.24, 2.45) is 5.10 Å². The van der Waals surface area contributed by atoms with Gasteiger partial charge >= 0.3 is 6.03 Å². The summed E-state index contributed by atoms with van der Waals surface area (Å²) in [5, 5.41) is 6.06. The molecule has 0 spiro atoms. The van der Waals surface area contributed by atoms with Crippen LogP contribution >= 0.6 is 15.9 Å². The summed E-state index contributed by atoms with van der Waals surface area (Å²) in [6.07, 6.45) is 1.73. The van der Waals surface area contributed by atoms with E-state index in [2.05, 4.69) is 26.0 Å². The molecule has 0 bridgehead atoms. The zero-order chi connectivity index (χ0) is 18.8. The summed E-state index contributed by atoms with van der Waals surface area (Å²) in [6.45, 7) is 2.37. The topological polar surface area (TPSA) is 48.8 Å². The predicted molar refractivity (Wildman–Crippen MR) is 111 cm³/mol. The van der Waals surface area contributed by atoms with E-state index in [4.69, 9.17) is 0 Å². The minimum absolute atomic E-state index is 0.202. The van der Waals surface area contributed by atoms with Crippen molar-refractivity contribution in [1.82, 2.24) is 4.98 Å². The quantitative estimate of drug-likeness (QED) is 0.598. The molecule has 0 saturated carbocycles. The lowest BCUT2D eigenvalue weighted by Gasteiger charge is -2.33. The summed E-state index contributed by atoms with van der Waals surface area (Å²) in [5.41, 5.74) is 4.09. The number of urea groups is 1. The zero-order valence-electron chi connectivity index (χ0n) is 14.7. The van der Waals surface area contributed by atoms with Crippen LogP contribution in [0.2, 0.25) is 0 Å². The number of amides is 2. The number of hydrogen-bond donors (Lipinski definition) is 0. The smallest absolute Gasteiger partial charge is 0.286 e. The molecule has 0 fully saturated rings. The van der Waals surface area contributed by atoms with Crippen molar-refractivity contribution in [3.8, 4) is 0 Å². The molecule has 1 aliphatic rings. The number of halogens is 1. The first-order valence-corrected chi connectivity index (χ1v) is 9.34. The molecule has 0 saturated heterocycles. The van der Waals surface area contributed by atoms with E-state index in [9.17, 15) is 4.79 Å². The third kappa shape index (κ3) is 3.48. The molecule has 3 aromatic rings. The van der Waals surface area contributed by atoms with Crippen LogP contribution in [0, 0.1) is 6.92 Å². The Hall–Kier alpha value is -2.99. The molecule has 0 N–H and O–H groups in total. The lowest BCUT2D eigenvalue weighted by Crippen LogP contribution is -2.49. The maximum Gasteiger partial charge on any atom is 0.350 e. The molecule has 0 atom stereocenters. The largest absolute Gasteiger partial charge is 0.350 e. The number of carbonyl (C=O) groups excluding carboxylic acids is 1. The first-order valence-electron chi connectivity index (χ1n) is 8.55. The van der Waals surface area contributed by atoms with E-state index < -0.39 is 0 Å². The second-order valence-corrected chi connectivity index (χ2v) is 7.09. The number of carbonyl (C=O) groups is 1. The van der Waals surface area contributed by atoms with Crippen LogP contribution in [0.3, 0.4) is 0 Å². The third-order valence-corrected chi connectivity index (χ3v) is 4.97. The van der Waals surface area contributed by atoms with Crippen LogP contribution < -0.4 is 9.91 Å². The van der Waals surface area contributed by atoms with E-state index in [1.54, 1.807) is 11.1 Å². The maximum absolute atomic E-state index is 13.3.